The van der Waals surface area contributed by atoms with Crippen molar-refractivity contribution < 1.29 is 71.2 Å². The topological polar surface area (TPSA) is 55.8 Å². The Morgan fingerprint density at radius 3 is 1.71 bits per heavy atom. The van der Waals surface area contributed by atoms with Crippen LogP contribution in [-0.4, -0.2) is 4.89 Å². The maximum absolute atomic E-state index is 13.8. The summed E-state index contributed by atoms with van der Waals surface area (Å²) < 4.78 is 191. The van der Waals surface area contributed by atoms with E-state index in [4.69, 9.17) is 9.05 Å². The molecule has 0 saturated carbocycles. The molecule has 3 aromatic rings. The number of aryl methyl sites for hydroxylation is 1. The van der Waals surface area contributed by atoms with Crippen molar-refractivity contribution in [2.75, 3.05) is 0 Å². The van der Waals surface area contributed by atoms with E-state index in [1.165, 1.54) is 6.07 Å². The van der Waals surface area contributed by atoms with Crippen molar-refractivity contribution in [3.05, 3.63) is 115 Å². The largest absolute Gasteiger partial charge is 0.584 e. The molecule has 296 valence electrons. The first-order valence-electron chi connectivity index (χ1n) is 17.4. The van der Waals surface area contributed by atoms with Gasteiger partial charge in [-0.25, -0.2) is 4.57 Å². The monoisotopic (exact) mass is 810 g/mol. The van der Waals surface area contributed by atoms with Gasteiger partial charge in [-0.2, -0.15) is 52.7 Å². The van der Waals surface area contributed by atoms with Gasteiger partial charge in [-0.1, -0.05) is 11.6 Å². The first kappa shape index (κ1) is 39.3. The fraction of sp³-hybridized carbons (Fsp3) is 0.421. The fourth-order valence-electron chi connectivity index (χ4n) is 8.27. The quantitative estimate of drug-likeness (QED) is 0.211. The van der Waals surface area contributed by atoms with Gasteiger partial charge in [-0.05, 0) is 128 Å². The van der Waals surface area contributed by atoms with Gasteiger partial charge in [-0.15, -0.1) is 0 Å². The third kappa shape index (κ3) is 8.03. The van der Waals surface area contributed by atoms with Crippen LogP contribution < -0.4 is 4.52 Å². The highest BCUT2D eigenvalue weighted by molar-refractivity contribution is 7.48. The normalized spacial score (nSPS) is 21.9. The lowest BCUT2D eigenvalue weighted by Crippen LogP contribution is -2.22. The highest BCUT2D eigenvalue weighted by Gasteiger charge is 2.45. The molecule has 1 heterocycles. The summed E-state index contributed by atoms with van der Waals surface area (Å²) in [4.78, 5) is 11.2. The lowest BCUT2D eigenvalue weighted by Gasteiger charge is -2.35. The second-order valence-corrected chi connectivity index (χ2v) is 15.7. The first-order chi connectivity index (χ1) is 25.5. The molecule has 0 amide bonds. The van der Waals surface area contributed by atoms with Crippen LogP contribution in [0.2, 0.25) is 0 Å². The molecule has 55 heavy (non-hydrogen) atoms. The molecule has 17 heteroatoms. The molecule has 4 aliphatic rings. The summed E-state index contributed by atoms with van der Waals surface area (Å²) in [5, 5.41) is 0. The number of allylic oxidation sites excluding steroid dienone is 4. The number of halogens is 12. The van der Waals surface area contributed by atoms with Crippen LogP contribution in [0.1, 0.15) is 101 Å². The molecule has 1 unspecified atom stereocenters. The van der Waals surface area contributed by atoms with Gasteiger partial charge in [0.1, 0.15) is 11.5 Å². The van der Waals surface area contributed by atoms with Gasteiger partial charge in [0, 0.05) is 29.0 Å². The van der Waals surface area contributed by atoms with Crippen molar-refractivity contribution in [3.63, 3.8) is 0 Å². The van der Waals surface area contributed by atoms with Crippen LogP contribution in [0.5, 0.6) is 5.75 Å². The third-order valence-electron chi connectivity index (χ3n) is 10.5. The Labute approximate surface area is 306 Å². The van der Waals surface area contributed by atoms with E-state index in [0.717, 1.165) is 5.57 Å². The van der Waals surface area contributed by atoms with Crippen LogP contribution in [0, 0.1) is 5.92 Å². The van der Waals surface area contributed by atoms with Gasteiger partial charge in [0.2, 0.25) is 0 Å². The molecular formula is C38H31F12O4P. The van der Waals surface area contributed by atoms with E-state index >= 15 is 0 Å². The van der Waals surface area contributed by atoms with E-state index in [1.54, 1.807) is 0 Å². The summed E-state index contributed by atoms with van der Waals surface area (Å²) in [5.74, 6) is -1.52. The molecule has 0 aromatic heterocycles. The predicted octanol–water partition coefficient (Wildman–Crippen LogP) is 12.6. The molecule has 0 saturated heterocycles. The zero-order valence-corrected chi connectivity index (χ0v) is 29.4. The molecule has 1 aliphatic heterocycles. The van der Waals surface area contributed by atoms with E-state index in [9.17, 15) is 62.1 Å². The number of hydrogen-bond acceptors (Lipinski definition) is 3. The summed E-state index contributed by atoms with van der Waals surface area (Å²) in [6, 6.07) is 3.81. The number of benzene rings is 3. The van der Waals surface area contributed by atoms with E-state index in [-0.39, 0.29) is 52.3 Å². The van der Waals surface area contributed by atoms with Gasteiger partial charge in [-0.3, -0.25) is 4.89 Å². The molecule has 0 fully saturated rings. The zero-order valence-electron chi connectivity index (χ0n) is 28.6. The number of fused-ring (bicyclic) bond motifs is 5. The zero-order chi connectivity index (χ0) is 39.9. The van der Waals surface area contributed by atoms with Crippen LogP contribution in [-0.2, 0) is 59.5 Å². The minimum atomic E-state index is -5.25. The number of phosphoric acid groups is 1. The molecule has 0 spiro atoms. The predicted molar refractivity (Wildman–Crippen MR) is 175 cm³/mol. The van der Waals surface area contributed by atoms with Gasteiger partial charge in [0.15, 0.2) is 0 Å². The Bertz CT molecular complexity index is 2090. The smallest absolute Gasteiger partial charge is 0.399 e. The van der Waals surface area contributed by atoms with Gasteiger partial charge in [0.25, 0.3) is 0 Å². The first-order valence-corrected chi connectivity index (χ1v) is 18.9. The summed E-state index contributed by atoms with van der Waals surface area (Å²) in [7, 11) is -5.25. The van der Waals surface area contributed by atoms with E-state index in [0.29, 0.717) is 92.3 Å². The van der Waals surface area contributed by atoms with E-state index < -0.39 is 79.1 Å². The molecule has 2 atom stereocenters. The molecular weight excluding hydrogens is 779 g/mol. The SMILES string of the molecule is O=P1(O)OC2=C(C3=C(CCCC3)C[C@H]2Cc2cc(C(F)(F)F)cc(C(F)(F)F)c2)c2c3c(cc(Cc4cc(C(F)(F)F)cc(C(F)(F)F)c4)c2O1)CCCC3. The molecule has 7 rings (SSSR count). The average molecular weight is 811 g/mol. The van der Waals surface area contributed by atoms with Gasteiger partial charge < -0.3 is 9.05 Å². The number of rotatable bonds is 4. The Balaban J connectivity index is 1.45. The number of phosphoric ester groups is 1. The van der Waals surface area contributed by atoms with Crippen molar-refractivity contribution in [1.82, 2.24) is 0 Å². The maximum Gasteiger partial charge on any atom is 0.584 e. The highest BCUT2D eigenvalue weighted by atomic mass is 31.2. The number of alkyl halides is 12. The highest BCUT2D eigenvalue weighted by Crippen LogP contribution is 2.61. The average Bonchev–Trinajstić information content (AvgIpc) is 3.20. The second-order valence-electron chi connectivity index (χ2n) is 14.4. The molecule has 3 aliphatic carbocycles. The van der Waals surface area contributed by atoms with Crippen molar-refractivity contribution in [3.8, 4) is 5.75 Å². The fourth-order valence-corrected chi connectivity index (χ4v) is 9.23. The minimum Gasteiger partial charge on any atom is -0.399 e. The molecule has 0 bridgehead atoms. The van der Waals surface area contributed by atoms with Crippen molar-refractivity contribution in [2.45, 2.75) is 95.3 Å². The van der Waals surface area contributed by atoms with Crippen LogP contribution in [0.4, 0.5) is 52.7 Å². The molecule has 4 nitrogen and oxygen atoms in total. The molecule has 0 radical (unpaired) electrons. The van der Waals surface area contributed by atoms with Crippen molar-refractivity contribution in [2.24, 2.45) is 5.92 Å². The molecule has 3 aromatic carbocycles. The lowest BCUT2D eigenvalue weighted by molar-refractivity contribution is -0.144. The summed E-state index contributed by atoms with van der Waals surface area (Å²) in [6.45, 7) is 0. The Hall–Kier alpha value is -3.91. The van der Waals surface area contributed by atoms with Crippen molar-refractivity contribution >= 4 is 13.4 Å². The van der Waals surface area contributed by atoms with Crippen LogP contribution in [0.15, 0.2) is 59.4 Å². The second kappa shape index (κ2) is 13.6. The van der Waals surface area contributed by atoms with Crippen LogP contribution >= 0.6 is 7.82 Å². The Morgan fingerprint density at radius 2 is 1.15 bits per heavy atom. The lowest BCUT2D eigenvalue weighted by atomic mass is 9.71. The van der Waals surface area contributed by atoms with E-state index in [1.807, 2.05) is 0 Å². The Kier molecular flexibility index (Phi) is 9.75. The van der Waals surface area contributed by atoms with E-state index in [2.05, 4.69) is 0 Å². The van der Waals surface area contributed by atoms with Gasteiger partial charge in [0.05, 0.1) is 22.3 Å². The minimum absolute atomic E-state index is 0.000864. The van der Waals surface area contributed by atoms with Crippen LogP contribution in [0.25, 0.3) is 5.57 Å². The van der Waals surface area contributed by atoms with Gasteiger partial charge >= 0.3 is 32.5 Å². The summed E-state index contributed by atoms with van der Waals surface area (Å²) in [5.41, 5.74) is -3.64. The maximum atomic E-state index is 13.8. The summed E-state index contributed by atoms with van der Waals surface area (Å²) >= 11 is 0. The van der Waals surface area contributed by atoms with Crippen LogP contribution in [0.3, 0.4) is 0 Å². The Morgan fingerprint density at radius 1 is 0.636 bits per heavy atom. The summed E-state index contributed by atoms with van der Waals surface area (Å²) in [6.07, 6.45) is -17.1. The standard InChI is InChI=1S/C38H31F12O4P/c39-35(40,41)25-11-19(12-26(17-25)36(42,43)44)9-23-15-21-5-1-3-7-29(21)31-32-30-8-4-2-6-22(30)16-24(34(32)54-55(51,52)53-33(23)31)10-20-13-27(37(45,46)47)18-28(14-20)38(48,49)50/h11-15,17-18,24H,1-10,16H2,(H,51,52)/t24-/m1/s1. The number of hydrogen-bond donors (Lipinski definition) is 1. The third-order valence-corrected chi connectivity index (χ3v) is 11.4. The van der Waals surface area contributed by atoms with Crippen molar-refractivity contribution in [1.29, 1.82) is 0 Å². The molecule has 1 N–H and O–H groups in total.